The molecule has 0 saturated heterocycles. The van der Waals surface area contributed by atoms with E-state index in [-0.39, 0.29) is 66.9 Å². The highest BCUT2D eigenvalue weighted by atomic mass is 32.1. The fourth-order valence-electron chi connectivity index (χ4n) is 7.23. The summed E-state index contributed by atoms with van der Waals surface area (Å²) in [4.78, 5) is 49.6. The molecule has 3 rings (SSSR count). The monoisotopic (exact) mass is 862 g/mol. The van der Waals surface area contributed by atoms with Crippen LogP contribution in [0.15, 0.2) is 78.9 Å². The third kappa shape index (κ3) is 16.3. The molecule has 9 nitrogen and oxygen atoms in total. The molecule has 0 atom stereocenters. The number of carbonyl (C=O) groups is 4. The zero-order valence-electron chi connectivity index (χ0n) is 37.1. The lowest BCUT2D eigenvalue weighted by Gasteiger charge is -2.32. The van der Waals surface area contributed by atoms with Crippen molar-refractivity contribution in [2.45, 2.75) is 118 Å². The molecule has 0 N–H and O–H groups in total. The Morgan fingerprint density at radius 2 is 1.18 bits per heavy atom. The van der Waals surface area contributed by atoms with Gasteiger partial charge in [0.25, 0.3) is 0 Å². The third-order valence-corrected chi connectivity index (χ3v) is 11.7. The number of halogens is 1. The zero-order valence-corrected chi connectivity index (χ0v) is 38.0. The fourth-order valence-corrected chi connectivity index (χ4v) is 7.50. The third-order valence-electron chi connectivity index (χ3n) is 11.0. The van der Waals surface area contributed by atoms with Gasteiger partial charge in [0, 0.05) is 33.6 Å². The largest absolute Gasteiger partial charge is 0.492 e. The summed E-state index contributed by atoms with van der Waals surface area (Å²) in [6.07, 6.45) is 11.0. The Hall–Kier alpha value is -4.64. The Bertz CT molecular complexity index is 1810. The number of unbranched alkanes of at least 4 members (excludes halogenated alkanes) is 2. The zero-order chi connectivity index (χ0) is 45.1. The molecule has 0 unspecified atom stereocenters. The van der Waals surface area contributed by atoms with Gasteiger partial charge in [0.2, 0.25) is 0 Å². The van der Waals surface area contributed by atoms with E-state index in [1.165, 1.54) is 39.5 Å². The number of carbonyl (C=O) groups excluding carboxylic acids is 4. The quantitative estimate of drug-likeness (QED) is 0.0325. The Morgan fingerprint density at radius 3 is 1.62 bits per heavy atom. The van der Waals surface area contributed by atoms with Gasteiger partial charge in [-0.1, -0.05) is 71.1 Å². The van der Waals surface area contributed by atoms with Gasteiger partial charge >= 0.3 is 23.9 Å². The first-order valence-electron chi connectivity index (χ1n) is 21.5. The molecule has 0 amide bonds. The van der Waals surface area contributed by atoms with E-state index in [9.17, 15) is 19.2 Å². The number of hydrogen-bond acceptors (Lipinski definition) is 10. The van der Waals surface area contributed by atoms with Gasteiger partial charge in [-0.3, -0.25) is 0 Å². The van der Waals surface area contributed by atoms with E-state index >= 15 is 4.39 Å². The van der Waals surface area contributed by atoms with Crippen LogP contribution >= 0.6 is 12.6 Å². The van der Waals surface area contributed by atoms with Crippen LogP contribution in [0.1, 0.15) is 121 Å². The highest BCUT2D eigenvalue weighted by Gasteiger charge is 2.35. The minimum atomic E-state index is -1.11. The molecule has 0 heterocycles. The molecule has 0 aliphatic heterocycles. The highest BCUT2D eigenvalue weighted by Crippen LogP contribution is 2.40. The van der Waals surface area contributed by atoms with E-state index in [0.29, 0.717) is 59.6 Å². The van der Waals surface area contributed by atoms with Crippen molar-refractivity contribution in [1.82, 2.24) is 0 Å². The average molecular weight is 863 g/mol. The minimum Gasteiger partial charge on any atom is -0.492 e. The molecule has 0 spiro atoms. The Balaban J connectivity index is 2.07. The smallest absolute Gasteiger partial charge is 0.333 e. The van der Waals surface area contributed by atoms with Crippen molar-refractivity contribution in [2.24, 2.45) is 11.3 Å². The molecule has 2 aromatic carbocycles. The van der Waals surface area contributed by atoms with E-state index in [1.807, 2.05) is 24.3 Å². The van der Waals surface area contributed by atoms with Crippen molar-refractivity contribution in [3.05, 3.63) is 101 Å². The van der Waals surface area contributed by atoms with E-state index in [2.05, 4.69) is 45.9 Å². The molecule has 61 heavy (non-hydrogen) atoms. The number of esters is 4. The summed E-state index contributed by atoms with van der Waals surface area (Å²) < 4.78 is 45.1. The minimum absolute atomic E-state index is 0.0917. The first kappa shape index (κ1) is 50.7. The Labute approximate surface area is 368 Å². The normalized spacial score (nSPS) is 15.0. The molecule has 1 fully saturated rings. The second-order valence-corrected chi connectivity index (χ2v) is 17.1. The van der Waals surface area contributed by atoms with Crippen LogP contribution in [-0.4, -0.2) is 62.7 Å². The molecule has 1 aliphatic rings. The number of rotatable bonds is 26. The second-order valence-electron chi connectivity index (χ2n) is 16.8. The maximum absolute atomic E-state index is 16.4. The molecule has 1 aliphatic carbocycles. The molecule has 0 radical (unpaired) electrons. The summed E-state index contributed by atoms with van der Waals surface area (Å²) >= 11 is 4.60. The standard InChI is InChI=1S/C50H67FO9S/c1-10-11-12-15-37-18-20-38(21-19-37)39-22-23-43(44(51)28-39)42-26-40(16-13-24-56-46(52)33(2)3)45(41(27-42)17-14-25-57-47(53)34(4)5)58-29-50(32-61,30-59-48(54)35(6)7)31-60-49(55)36(8)9/h22-23,26-28,37-38,61H,2,4,6,8,10-21,24-25,29-32H2,1,3,5,7,9H3. The lowest BCUT2D eigenvalue weighted by Crippen LogP contribution is -2.42. The fraction of sp³-hybridized carbons (Fsp3) is 0.520. The molecule has 11 heteroatoms. The van der Waals surface area contributed by atoms with Crippen LogP contribution in [0.25, 0.3) is 11.1 Å². The maximum atomic E-state index is 16.4. The summed E-state index contributed by atoms with van der Waals surface area (Å²) in [7, 11) is 0. The van der Waals surface area contributed by atoms with Crippen molar-refractivity contribution in [1.29, 1.82) is 0 Å². The molecule has 0 aromatic heterocycles. The summed E-state index contributed by atoms with van der Waals surface area (Å²) in [6, 6.07) is 9.32. The topological polar surface area (TPSA) is 114 Å². The van der Waals surface area contributed by atoms with Crippen LogP contribution < -0.4 is 4.74 Å². The summed E-state index contributed by atoms with van der Waals surface area (Å²) in [5, 5.41) is 0. The molecule has 334 valence electrons. The molecular weight excluding hydrogens is 796 g/mol. The predicted molar refractivity (Wildman–Crippen MR) is 242 cm³/mol. The van der Waals surface area contributed by atoms with Crippen molar-refractivity contribution in [3.63, 3.8) is 0 Å². The van der Waals surface area contributed by atoms with Gasteiger partial charge in [-0.15, -0.1) is 0 Å². The average Bonchev–Trinajstić information content (AvgIpc) is 3.23. The summed E-state index contributed by atoms with van der Waals surface area (Å²) in [6.45, 7) is 22.8. The van der Waals surface area contributed by atoms with Gasteiger partial charge in [-0.25, -0.2) is 23.6 Å². The number of benzene rings is 2. The van der Waals surface area contributed by atoms with Gasteiger partial charge in [0.05, 0.1) is 18.6 Å². The lowest BCUT2D eigenvalue weighted by atomic mass is 9.77. The van der Waals surface area contributed by atoms with E-state index < -0.39 is 29.3 Å². The first-order chi connectivity index (χ1) is 29.0. The Morgan fingerprint density at radius 1 is 0.689 bits per heavy atom. The van der Waals surface area contributed by atoms with E-state index in [4.69, 9.17) is 23.7 Å². The molecule has 2 aromatic rings. The number of hydrogen-bond donors (Lipinski definition) is 1. The number of aryl methyl sites for hydroxylation is 2. The maximum Gasteiger partial charge on any atom is 0.333 e. The van der Waals surface area contributed by atoms with E-state index in [1.54, 1.807) is 19.9 Å². The van der Waals surface area contributed by atoms with Gasteiger partial charge in [0.1, 0.15) is 31.4 Å². The lowest BCUT2D eigenvalue weighted by molar-refractivity contribution is -0.149. The van der Waals surface area contributed by atoms with Gasteiger partial charge in [-0.2, -0.15) is 12.6 Å². The molecular formula is C50H67FO9S. The first-order valence-corrected chi connectivity index (χ1v) is 22.1. The van der Waals surface area contributed by atoms with Crippen molar-refractivity contribution in [2.75, 3.05) is 38.8 Å². The van der Waals surface area contributed by atoms with Crippen LogP contribution in [0.5, 0.6) is 5.75 Å². The summed E-state index contributed by atoms with van der Waals surface area (Å²) in [5.41, 5.74) is 3.30. The Kier molecular flexibility index (Phi) is 21.1. The predicted octanol–water partition coefficient (Wildman–Crippen LogP) is 11.0. The second kappa shape index (κ2) is 25.3. The van der Waals surface area contributed by atoms with Crippen LogP contribution in [0.3, 0.4) is 0 Å². The number of ether oxygens (including phenoxy) is 5. The van der Waals surface area contributed by atoms with Crippen LogP contribution in [0.2, 0.25) is 0 Å². The van der Waals surface area contributed by atoms with Crippen LogP contribution in [0.4, 0.5) is 4.39 Å². The van der Waals surface area contributed by atoms with Crippen molar-refractivity contribution >= 4 is 36.5 Å². The highest BCUT2D eigenvalue weighted by molar-refractivity contribution is 7.80. The van der Waals surface area contributed by atoms with Crippen LogP contribution in [-0.2, 0) is 51.0 Å². The number of thiol groups is 1. The molecule has 0 bridgehead atoms. The SMILES string of the molecule is C=C(C)C(=O)OCCCc1cc(-c2ccc(C3CCC(CCCCC)CC3)cc2F)cc(CCCOC(=O)C(=C)C)c1OCC(CS)(COC(=O)C(=C)C)COC(=O)C(=C)C. The van der Waals surface area contributed by atoms with Crippen molar-refractivity contribution in [3.8, 4) is 16.9 Å². The van der Waals surface area contributed by atoms with Crippen molar-refractivity contribution < 1.29 is 47.3 Å². The van der Waals surface area contributed by atoms with Gasteiger partial charge in [-0.05, 0) is 131 Å². The van der Waals surface area contributed by atoms with Gasteiger partial charge < -0.3 is 23.7 Å². The molecule has 1 saturated carbocycles. The van der Waals surface area contributed by atoms with Gasteiger partial charge in [0.15, 0.2) is 0 Å². The van der Waals surface area contributed by atoms with Crippen LogP contribution in [0, 0.1) is 17.2 Å². The summed E-state index contributed by atoms with van der Waals surface area (Å²) in [5.74, 6) is -0.969. The van der Waals surface area contributed by atoms with E-state index in [0.717, 1.165) is 37.2 Å².